The summed E-state index contributed by atoms with van der Waals surface area (Å²) in [5.41, 5.74) is 1.96. The van der Waals surface area contributed by atoms with Gasteiger partial charge in [-0.05, 0) is 30.3 Å². The molecule has 1 heterocycles. The number of aromatic hydroxyl groups is 1. The highest BCUT2D eigenvalue weighted by molar-refractivity contribution is 5.94. The average Bonchev–Trinajstić information content (AvgIpc) is 2.40. The summed E-state index contributed by atoms with van der Waals surface area (Å²) < 4.78 is 12.9. The van der Waals surface area contributed by atoms with Gasteiger partial charge in [0.05, 0.1) is 5.69 Å². The summed E-state index contributed by atoms with van der Waals surface area (Å²) in [5.74, 6) is -0.182. The van der Waals surface area contributed by atoms with Gasteiger partial charge in [-0.2, -0.15) is 0 Å². The lowest BCUT2D eigenvalue weighted by Crippen LogP contribution is -1.89. The maximum Gasteiger partial charge on any atom is 0.141 e. The zero-order valence-corrected chi connectivity index (χ0v) is 9.34. The van der Waals surface area contributed by atoms with Crippen LogP contribution in [0.15, 0.2) is 48.8 Å². The number of aromatic nitrogens is 2. The first-order chi connectivity index (χ1) is 8.75. The minimum atomic E-state index is -0.292. The molecule has 2 aromatic carbocycles. The molecule has 0 bridgehead atoms. The van der Waals surface area contributed by atoms with Crippen LogP contribution in [0, 0.1) is 5.82 Å². The van der Waals surface area contributed by atoms with Crippen LogP contribution in [0.1, 0.15) is 0 Å². The molecule has 0 fully saturated rings. The monoisotopic (exact) mass is 240 g/mol. The number of hydrogen-bond donors (Lipinski definition) is 1. The highest BCUT2D eigenvalue weighted by Gasteiger charge is 2.08. The molecule has 3 aromatic rings. The van der Waals surface area contributed by atoms with E-state index in [2.05, 4.69) is 9.97 Å². The van der Waals surface area contributed by atoms with Gasteiger partial charge in [-0.25, -0.2) is 14.4 Å². The van der Waals surface area contributed by atoms with Gasteiger partial charge in [0.25, 0.3) is 0 Å². The summed E-state index contributed by atoms with van der Waals surface area (Å²) in [6, 6.07) is 11.2. The molecule has 0 unspecified atom stereocenters. The number of phenols is 1. The number of rotatable bonds is 1. The first-order valence-electron chi connectivity index (χ1n) is 5.44. The predicted molar refractivity (Wildman–Crippen MR) is 66.6 cm³/mol. The second-order valence-electron chi connectivity index (χ2n) is 3.90. The van der Waals surface area contributed by atoms with Gasteiger partial charge in [0.1, 0.15) is 23.4 Å². The van der Waals surface area contributed by atoms with Gasteiger partial charge in [0.15, 0.2) is 0 Å². The number of halogens is 1. The van der Waals surface area contributed by atoms with Crippen LogP contribution in [0.5, 0.6) is 5.75 Å². The molecule has 0 saturated heterocycles. The van der Waals surface area contributed by atoms with Crippen molar-refractivity contribution in [3.05, 3.63) is 54.6 Å². The maximum atomic E-state index is 12.9. The molecule has 1 aromatic heterocycles. The fourth-order valence-electron chi connectivity index (χ4n) is 1.91. The third kappa shape index (κ3) is 1.68. The normalized spacial score (nSPS) is 10.7. The van der Waals surface area contributed by atoms with E-state index in [9.17, 15) is 9.50 Å². The second-order valence-corrected chi connectivity index (χ2v) is 3.90. The molecule has 0 aliphatic heterocycles. The highest BCUT2D eigenvalue weighted by atomic mass is 19.1. The highest BCUT2D eigenvalue weighted by Crippen LogP contribution is 2.29. The van der Waals surface area contributed by atoms with Crippen molar-refractivity contribution in [3.63, 3.8) is 0 Å². The Morgan fingerprint density at radius 3 is 2.50 bits per heavy atom. The molecule has 0 aliphatic rings. The molecule has 88 valence electrons. The van der Waals surface area contributed by atoms with E-state index >= 15 is 0 Å². The average molecular weight is 240 g/mol. The van der Waals surface area contributed by atoms with E-state index in [0.717, 1.165) is 10.9 Å². The Morgan fingerprint density at radius 2 is 1.72 bits per heavy atom. The largest absolute Gasteiger partial charge is 0.506 e. The molecule has 4 heteroatoms. The first kappa shape index (κ1) is 10.7. The van der Waals surface area contributed by atoms with Crippen LogP contribution in [-0.4, -0.2) is 15.1 Å². The van der Waals surface area contributed by atoms with Crippen molar-refractivity contribution in [3.8, 4) is 17.0 Å². The SMILES string of the molecule is Oc1cccc2c(-c3ccc(F)cc3)ncnc12. The van der Waals surface area contributed by atoms with E-state index in [1.807, 2.05) is 6.07 Å². The molecular weight excluding hydrogens is 231 g/mol. The molecule has 1 N–H and O–H groups in total. The second kappa shape index (κ2) is 4.07. The Balaban J connectivity index is 2.29. The zero-order valence-electron chi connectivity index (χ0n) is 9.34. The number of benzene rings is 2. The zero-order chi connectivity index (χ0) is 12.5. The van der Waals surface area contributed by atoms with Gasteiger partial charge in [-0.3, -0.25) is 0 Å². The van der Waals surface area contributed by atoms with Gasteiger partial charge >= 0.3 is 0 Å². The lowest BCUT2D eigenvalue weighted by Gasteiger charge is -2.05. The summed E-state index contributed by atoms with van der Waals surface area (Å²) in [7, 11) is 0. The number of fused-ring (bicyclic) bond motifs is 1. The number of hydrogen-bond acceptors (Lipinski definition) is 3. The number of nitrogens with zero attached hydrogens (tertiary/aromatic N) is 2. The number of phenolic OH excluding ortho intramolecular Hbond substituents is 1. The van der Waals surface area contributed by atoms with Crippen molar-refractivity contribution >= 4 is 10.9 Å². The predicted octanol–water partition coefficient (Wildman–Crippen LogP) is 3.14. The Morgan fingerprint density at radius 1 is 0.944 bits per heavy atom. The van der Waals surface area contributed by atoms with Gasteiger partial charge in [0, 0.05) is 10.9 Å². The minimum absolute atomic E-state index is 0.110. The van der Waals surface area contributed by atoms with Crippen molar-refractivity contribution in [2.45, 2.75) is 0 Å². The van der Waals surface area contributed by atoms with Crippen LogP contribution in [0.2, 0.25) is 0 Å². The Hall–Kier alpha value is -2.49. The fraction of sp³-hybridized carbons (Fsp3) is 0. The minimum Gasteiger partial charge on any atom is -0.506 e. The van der Waals surface area contributed by atoms with Crippen molar-refractivity contribution in [1.82, 2.24) is 9.97 Å². The van der Waals surface area contributed by atoms with Gasteiger partial charge < -0.3 is 5.11 Å². The van der Waals surface area contributed by atoms with Crippen molar-refractivity contribution in [2.24, 2.45) is 0 Å². The lowest BCUT2D eigenvalue weighted by atomic mass is 10.1. The fourth-order valence-corrected chi connectivity index (χ4v) is 1.91. The molecule has 3 rings (SSSR count). The van der Waals surface area contributed by atoms with E-state index in [-0.39, 0.29) is 11.6 Å². The van der Waals surface area contributed by atoms with Crippen LogP contribution in [0.25, 0.3) is 22.2 Å². The summed E-state index contributed by atoms with van der Waals surface area (Å²) in [4.78, 5) is 8.25. The summed E-state index contributed by atoms with van der Waals surface area (Å²) in [6.45, 7) is 0. The maximum absolute atomic E-state index is 12.9. The van der Waals surface area contributed by atoms with E-state index < -0.39 is 0 Å². The molecule has 3 nitrogen and oxygen atoms in total. The van der Waals surface area contributed by atoms with Crippen molar-refractivity contribution < 1.29 is 9.50 Å². The van der Waals surface area contributed by atoms with Crippen molar-refractivity contribution in [2.75, 3.05) is 0 Å². The van der Waals surface area contributed by atoms with E-state index in [1.165, 1.54) is 18.5 Å². The van der Waals surface area contributed by atoms with Crippen LogP contribution in [0.3, 0.4) is 0 Å². The van der Waals surface area contributed by atoms with Crippen LogP contribution >= 0.6 is 0 Å². The summed E-state index contributed by atoms with van der Waals surface area (Å²) in [5, 5.41) is 10.5. The molecular formula is C14H9FN2O. The number of para-hydroxylation sites is 1. The van der Waals surface area contributed by atoms with E-state index in [0.29, 0.717) is 11.2 Å². The van der Waals surface area contributed by atoms with Crippen LogP contribution < -0.4 is 0 Å². The molecule has 0 amide bonds. The lowest BCUT2D eigenvalue weighted by molar-refractivity contribution is 0.480. The van der Waals surface area contributed by atoms with Gasteiger partial charge in [-0.15, -0.1) is 0 Å². The van der Waals surface area contributed by atoms with Crippen LogP contribution in [-0.2, 0) is 0 Å². The summed E-state index contributed by atoms with van der Waals surface area (Å²) in [6.07, 6.45) is 1.39. The third-order valence-corrected chi connectivity index (χ3v) is 2.76. The van der Waals surface area contributed by atoms with Crippen LogP contribution in [0.4, 0.5) is 4.39 Å². The Kier molecular flexibility index (Phi) is 2.41. The van der Waals surface area contributed by atoms with E-state index in [1.54, 1.807) is 24.3 Å². The van der Waals surface area contributed by atoms with E-state index in [4.69, 9.17) is 0 Å². The smallest absolute Gasteiger partial charge is 0.141 e. The molecule has 0 aliphatic carbocycles. The quantitative estimate of drug-likeness (QED) is 0.710. The molecule has 18 heavy (non-hydrogen) atoms. The van der Waals surface area contributed by atoms with Crippen molar-refractivity contribution in [1.29, 1.82) is 0 Å². The first-order valence-corrected chi connectivity index (χ1v) is 5.44. The van der Waals surface area contributed by atoms with Gasteiger partial charge in [0.2, 0.25) is 0 Å². The topological polar surface area (TPSA) is 46.0 Å². The molecule has 0 spiro atoms. The molecule has 0 saturated carbocycles. The standard InChI is InChI=1S/C14H9FN2O/c15-10-6-4-9(5-7-10)13-11-2-1-3-12(18)14(11)17-8-16-13/h1-8,18H. The molecule has 0 atom stereocenters. The Labute approximate surface area is 103 Å². The van der Waals surface area contributed by atoms with Gasteiger partial charge in [-0.1, -0.05) is 12.1 Å². The molecule has 0 radical (unpaired) electrons. The third-order valence-electron chi connectivity index (χ3n) is 2.76. The summed E-state index contributed by atoms with van der Waals surface area (Å²) >= 11 is 0. The Bertz CT molecular complexity index is 711.